The van der Waals surface area contributed by atoms with Crippen LogP contribution in [0.4, 0.5) is 30.2 Å². The van der Waals surface area contributed by atoms with Crippen molar-refractivity contribution in [2.75, 3.05) is 30.8 Å². The Hall–Kier alpha value is -3.47. The fraction of sp³-hybridized carbons (Fsp3) is 0.176. The van der Waals surface area contributed by atoms with E-state index in [1.54, 1.807) is 0 Å². The van der Waals surface area contributed by atoms with Crippen LogP contribution in [0.1, 0.15) is 0 Å². The van der Waals surface area contributed by atoms with Crippen molar-refractivity contribution in [3.05, 3.63) is 64.0 Å². The van der Waals surface area contributed by atoms with Gasteiger partial charge in [0, 0.05) is 17.8 Å². The van der Waals surface area contributed by atoms with Crippen LogP contribution in [-0.4, -0.2) is 41.8 Å². The summed E-state index contributed by atoms with van der Waals surface area (Å²) in [6.07, 6.45) is 0. The van der Waals surface area contributed by atoms with E-state index in [2.05, 4.69) is 10.6 Å². The SMILES string of the molecule is CN(CC(=O)Nc1cccc([N+](=O)[O-])c1)CC(=O)Nc1ccc(F)c(F)c1F. The van der Waals surface area contributed by atoms with Gasteiger partial charge >= 0.3 is 0 Å². The smallest absolute Gasteiger partial charge is 0.271 e. The third-order valence-electron chi connectivity index (χ3n) is 3.48. The Kier molecular flexibility index (Phi) is 6.66. The van der Waals surface area contributed by atoms with Gasteiger partial charge in [-0.25, -0.2) is 13.2 Å². The molecule has 0 unspecified atom stereocenters. The predicted octanol–water partition coefficient (Wildman–Crippen LogP) is 2.52. The molecule has 0 aliphatic carbocycles. The van der Waals surface area contributed by atoms with Crippen LogP contribution in [0.25, 0.3) is 0 Å². The van der Waals surface area contributed by atoms with Crippen molar-refractivity contribution in [1.29, 1.82) is 0 Å². The number of nitro groups is 1. The zero-order chi connectivity index (χ0) is 20.8. The number of hydrogen-bond donors (Lipinski definition) is 2. The average molecular weight is 396 g/mol. The monoisotopic (exact) mass is 396 g/mol. The summed E-state index contributed by atoms with van der Waals surface area (Å²) >= 11 is 0. The van der Waals surface area contributed by atoms with E-state index < -0.39 is 39.9 Å². The highest BCUT2D eigenvalue weighted by molar-refractivity contribution is 5.94. The number of rotatable bonds is 7. The largest absolute Gasteiger partial charge is 0.325 e. The van der Waals surface area contributed by atoms with Gasteiger partial charge < -0.3 is 10.6 Å². The number of amides is 2. The molecule has 0 fully saturated rings. The zero-order valence-corrected chi connectivity index (χ0v) is 14.5. The molecule has 0 saturated carbocycles. The van der Waals surface area contributed by atoms with Gasteiger partial charge in [0.15, 0.2) is 17.5 Å². The van der Waals surface area contributed by atoms with Crippen LogP contribution >= 0.6 is 0 Å². The fourth-order valence-corrected chi connectivity index (χ4v) is 2.26. The van der Waals surface area contributed by atoms with Crippen LogP contribution in [0, 0.1) is 27.6 Å². The van der Waals surface area contributed by atoms with E-state index in [0.717, 1.165) is 6.07 Å². The standard InChI is InChI=1S/C17H15F3N4O4/c1-23(8-14(25)21-10-3-2-4-11(7-10)24(27)28)9-15(26)22-13-6-5-12(18)16(19)17(13)20/h2-7H,8-9H2,1H3,(H,21,25)(H,22,26). The third kappa shape index (κ3) is 5.51. The van der Waals surface area contributed by atoms with Gasteiger partial charge in [-0.3, -0.25) is 24.6 Å². The van der Waals surface area contributed by atoms with Crippen molar-refractivity contribution >= 4 is 28.9 Å². The number of anilines is 2. The van der Waals surface area contributed by atoms with Crippen LogP contribution in [-0.2, 0) is 9.59 Å². The van der Waals surface area contributed by atoms with Gasteiger partial charge in [-0.15, -0.1) is 0 Å². The predicted molar refractivity (Wildman–Crippen MR) is 94.2 cm³/mol. The molecule has 0 atom stereocenters. The Balaban J connectivity index is 1.89. The van der Waals surface area contributed by atoms with Gasteiger partial charge in [0.05, 0.1) is 23.7 Å². The number of nitrogens with zero attached hydrogens (tertiary/aromatic N) is 2. The molecule has 0 radical (unpaired) electrons. The van der Waals surface area contributed by atoms with Crippen molar-refractivity contribution < 1.29 is 27.7 Å². The van der Waals surface area contributed by atoms with Gasteiger partial charge in [-0.2, -0.15) is 0 Å². The molecule has 0 bridgehead atoms. The summed E-state index contributed by atoms with van der Waals surface area (Å²) in [6.45, 7) is -0.600. The third-order valence-corrected chi connectivity index (χ3v) is 3.48. The van der Waals surface area contributed by atoms with Gasteiger partial charge in [0.25, 0.3) is 5.69 Å². The summed E-state index contributed by atoms with van der Waals surface area (Å²) in [7, 11) is 1.42. The number of halogens is 3. The molecular weight excluding hydrogens is 381 g/mol. The van der Waals surface area contributed by atoms with Crippen molar-refractivity contribution in [1.82, 2.24) is 4.90 Å². The van der Waals surface area contributed by atoms with E-state index >= 15 is 0 Å². The molecule has 28 heavy (non-hydrogen) atoms. The maximum absolute atomic E-state index is 13.5. The second kappa shape index (κ2) is 8.95. The van der Waals surface area contributed by atoms with E-state index in [9.17, 15) is 32.9 Å². The number of carbonyl (C=O) groups is 2. The van der Waals surface area contributed by atoms with Crippen LogP contribution in [0.3, 0.4) is 0 Å². The lowest BCUT2D eigenvalue weighted by atomic mass is 10.2. The first-order valence-electron chi connectivity index (χ1n) is 7.83. The molecule has 0 aliphatic heterocycles. The minimum absolute atomic E-state index is 0.195. The van der Waals surface area contributed by atoms with Crippen LogP contribution in [0.15, 0.2) is 36.4 Å². The summed E-state index contributed by atoms with van der Waals surface area (Å²) in [5.74, 6) is -5.92. The first-order chi connectivity index (χ1) is 13.2. The first kappa shape index (κ1) is 20.8. The maximum Gasteiger partial charge on any atom is 0.271 e. The number of nitro benzene ring substituents is 1. The van der Waals surface area contributed by atoms with E-state index in [-0.39, 0.29) is 24.5 Å². The minimum Gasteiger partial charge on any atom is -0.325 e. The highest BCUT2D eigenvalue weighted by Crippen LogP contribution is 2.19. The normalized spacial score (nSPS) is 10.6. The molecule has 0 aromatic heterocycles. The highest BCUT2D eigenvalue weighted by Gasteiger charge is 2.17. The zero-order valence-electron chi connectivity index (χ0n) is 14.5. The Morgan fingerprint density at radius 3 is 2.32 bits per heavy atom. The van der Waals surface area contributed by atoms with Crippen molar-refractivity contribution in [3.63, 3.8) is 0 Å². The number of hydrogen-bond acceptors (Lipinski definition) is 5. The summed E-state index contributed by atoms with van der Waals surface area (Å²) < 4.78 is 39.6. The quantitative estimate of drug-likeness (QED) is 0.425. The number of carbonyl (C=O) groups excluding carboxylic acids is 2. The fourth-order valence-electron chi connectivity index (χ4n) is 2.26. The molecule has 2 aromatic rings. The summed E-state index contributed by atoms with van der Waals surface area (Å²) in [5, 5.41) is 15.2. The number of non-ortho nitro benzene ring substituents is 1. The highest BCUT2D eigenvalue weighted by atomic mass is 19.2. The molecule has 0 spiro atoms. The lowest BCUT2D eigenvalue weighted by Gasteiger charge is -2.16. The topological polar surface area (TPSA) is 105 Å². The van der Waals surface area contributed by atoms with Crippen LogP contribution in [0.2, 0.25) is 0 Å². The number of nitrogens with one attached hydrogen (secondary N) is 2. The van der Waals surface area contributed by atoms with Crippen molar-refractivity contribution in [2.24, 2.45) is 0 Å². The Labute approximate surface area is 157 Å². The molecule has 0 aliphatic rings. The summed E-state index contributed by atoms with van der Waals surface area (Å²) in [5.41, 5.74) is -0.515. The van der Waals surface area contributed by atoms with Gasteiger partial charge in [0.1, 0.15) is 0 Å². The lowest BCUT2D eigenvalue weighted by molar-refractivity contribution is -0.384. The maximum atomic E-state index is 13.5. The number of benzene rings is 2. The Bertz CT molecular complexity index is 923. The second-order valence-corrected chi connectivity index (χ2v) is 5.80. The Morgan fingerprint density at radius 2 is 1.68 bits per heavy atom. The molecule has 2 rings (SSSR count). The van der Waals surface area contributed by atoms with E-state index in [0.29, 0.717) is 6.07 Å². The molecule has 2 N–H and O–H groups in total. The van der Waals surface area contributed by atoms with Gasteiger partial charge in [-0.1, -0.05) is 6.07 Å². The molecule has 148 valence electrons. The molecule has 2 aromatic carbocycles. The molecule has 8 nitrogen and oxygen atoms in total. The second-order valence-electron chi connectivity index (χ2n) is 5.80. The Morgan fingerprint density at radius 1 is 1.04 bits per heavy atom. The number of likely N-dealkylation sites (N-methyl/N-ethyl adjacent to an activating group) is 1. The van der Waals surface area contributed by atoms with Crippen molar-refractivity contribution in [2.45, 2.75) is 0 Å². The van der Waals surface area contributed by atoms with Gasteiger partial charge in [-0.05, 0) is 25.2 Å². The molecule has 0 heterocycles. The molecule has 11 heteroatoms. The molecular formula is C17H15F3N4O4. The van der Waals surface area contributed by atoms with Crippen LogP contribution in [0.5, 0.6) is 0 Å². The van der Waals surface area contributed by atoms with E-state index in [1.807, 2.05) is 0 Å². The molecule has 2 amide bonds. The van der Waals surface area contributed by atoms with Crippen molar-refractivity contribution in [3.8, 4) is 0 Å². The van der Waals surface area contributed by atoms with Gasteiger partial charge in [0.2, 0.25) is 11.8 Å². The first-order valence-corrected chi connectivity index (χ1v) is 7.83. The lowest BCUT2D eigenvalue weighted by Crippen LogP contribution is -2.36. The summed E-state index contributed by atoms with van der Waals surface area (Å²) in [6, 6.07) is 6.86. The minimum atomic E-state index is -1.71. The molecule has 0 saturated heterocycles. The average Bonchev–Trinajstić information content (AvgIpc) is 2.62. The van der Waals surface area contributed by atoms with E-state index in [1.165, 1.54) is 36.2 Å². The van der Waals surface area contributed by atoms with E-state index in [4.69, 9.17) is 0 Å². The van der Waals surface area contributed by atoms with Crippen LogP contribution < -0.4 is 10.6 Å². The summed E-state index contributed by atoms with van der Waals surface area (Å²) in [4.78, 5) is 35.3.